The number of fused-ring (bicyclic) bond motifs is 1. The van der Waals surface area contributed by atoms with Gasteiger partial charge in [-0.15, -0.1) is 0 Å². The molecule has 1 aliphatic carbocycles. The summed E-state index contributed by atoms with van der Waals surface area (Å²) < 4.78 is 0.226. The van der Waals surface area contributed by atoms with E-state index in [-0.39, 0.29) is 16.2 Å². The summed E-state index contributed by atoms with van der Waals surface area (Å²) in [4.78, 5) is 26.9. The number of amides is 1. The van der Waals surface area contributed by atoms with Gasteiger partial charge in [0.05, 0.1) is 5.39 Å². The van der Waals surface area contributed by atoms with Crippen LogP contribution < -0.4 is 5.56 Å². The van der Waals surface area contributed by atoms with Gasteiger partial charge in [-0.2, -0.15) is 16.9 Å². The minimum atomic E-state index is -0.250. The highest BCUT2D eigenvalue weighted by Crippen LogP contribution is 2.43. The van der Waals surface area contributed by atoms with E-state index in [1.807, 2.05) is 22.7 Å². The van der Waals surface area contributed by atoms with Crippen LogP contribution >= 0.6 is 11.8 Å². The van der Waals surface area contributed by atoms with E-state index in [2.05, 4.69) is 10.2 Å². The molecular weight excluding hydrogens is 322 g/mol. The van der Waals surface area contributed by atoms with Crippen LogP contribution in [0.25, 0.3) is 10.8 Å². The Morgan fingerprint density at radius 3 is 2.71 bits per heavy atom. The van der Waals surface area contributed by atoms with Gasteiger partial charge in [0, 0.05) is 29.0 Å². The average molecular weight is 343 g/mol. The van der Waals surface area contributed by atoms with Gasteiger partial charge in [0.15, 0.2) is 5.69 Å². The molecule has 1 aromatic heterocycles. The standard InChI is InChI=1S/C18H21N3O2S/c22-16-14-7-3-2-6-13(14)15(19-20-16)17(23)21-10-11-24-18(12-21)8-4-1-5-9-18/h2-3,6-7H,1,4-5,8-12H2,(H,20,22). The van der Waals surface area contributed by atoms with Gasteiger partial charge in [0.2, 0.25) is 0 Å². The molecular formula is C18H21N3O2S. The number of carbonyl (C=O) groups excluding carboxylic acids is 1. The predicted molar refractivity (Wildman–Crippen MR) is 96.5 cm³/mol. The van der Waals surface area contributed by atoms with Gasteiger partial charge in [-0.25, -0.2) is 5.10 Å². The van der Waals surface area contributed by atoms with E-state index in [4.69, 9.17) is 0 Å². The first-order chi connectivity index (χ1) is 11.7. The van der Waals surface area contributed by atoms with Crippen LogP contribution in [0.1, 0.15) is 42.6 Å². The quantitative estimate of drug-likeness (QED) is 0.865. The Labute approximate surface area is 144 Å². The van der Waals surface area contributed by atoms with Crippen LogP contribution in [0.3, 0.4) is 0 Å². The Bertz CT molecular complexity index is 821. The highest BCUT2D eigenvalue weighted by atomic mass is 32.2. The third kappa shape index (κ3) is 2.73. The van der Waals surface area contributed by atoms with Crippen molar-refractivity contribution in [1.29, 1.82) is 0 Å². The third-order valence-corrected chi connectivity index (χ3v) is 6.74. The molecule has 1 saturated heterocycles. The Morgan fingerprint density at radius 1 is 1.17 bits per heavy atom. The Hall–Kier alpha value is -1.82. The highest BCUT2D eigenvalue weighted by molar-refractivity contribution is 8.00. The normalized spacial score (nSPS) is 20.4. The molecule has 2 aliphatic rings. The number of aromatic nitrogens is 2. The second-order valence-corrected chi connectivity index (χ2v) is 8.33. The minimum Gasteiger partial charge on any atom is -0.335 e. The zero-order valence-corrected chi connectivity index (χ0v) is 14.4. The molecule has 0 radical (unpaired) electrons. The monoisotopic (exact) mass is 343 g/mol. The summed E-state index contributed by atoms with van der Waals surface area (Å²) in [5.41, 5.74) is 0.114. The van der Waals surface area contributed by atoms with E-state index in [9.17, 15) is 9.59 Å². The lowest BCUT2D eigenvalue weighted by Crippen LogP contribution is -2.50. The molecule has 1 aliphatic heterocycles. The number of rotatable bonds is 1. The third-order valence-electron chi connectivity index (χ3n) is 5.20. The molecule has 1 spiro atoms. The molecule has 0 unspecified atom stereocenters. The van der Waals surface area contributed by atoms with E-state index in [0.29, 0.717) is 16.5 Å². The summed E-state index contributed by atoms with van der Waals surface area (Å²) in [5, 5.41) is 7.72. The van der Waals surface area contributed by atoms with Crippen LogP contribution in [0.2, 0.25) is 0 Å². The average Bonchev–Trinajstić information content (AvgIpc) is 2.62. The lowest BCUT2D eigenvalue weighted by molar-refractivity contribution is 0.0725. The van der Waals surface area contributed by atoms with Crippen molar-refractivity contribution in [2.45, 2.75) is 36.9 Å². The summed E-state index contributed by atoms with van der Waals surface area (Å²) in [6.45, 7) is 1.55. The van der Waals surface area contributed by atoms with Crippen LogP contribution in [0.15, 0.2) is 29.1 Å². The topological polar surface area (TPSA) is 66.1 Å². The van der Waals surface area contributed by atoms with Gasteiger partial charge >= 0.3 is 0 Å². The Kier molecular flexibility index (Phi) is 4.08. The Balaban J connectivity index is 1.66. The summed E-state index contributed by atoms with van der Waals surface area (Å²) in [5.74, 6) is 0.917. The lowest BCUT2D eigenvalue weighted by atomic mass is 9.87. The largest absolute Gasteiger partial charge is 0.335 e. The first-order valence-corrected chi connectivity index (χ1v) is 9.58. The second-order valence-electron chi connectivity index (χ2n) is 6.77. The molecule has 5 nitrogen and oxygen atoms in total. The van der Waals surface area contributed by atoms with Gasteiger partial charge in [-0.05, 0) is 18.9 Å². The molecule has 2 aromatic rings. The van der Waals surface area contributed by atoms with Crippen molar-refractivity contribution in [2.24, 2.45) is 0 Å². The van der Waals surface area contributed by atoms with E-state index in [0.717, 1.165) is 18.8 Å². The number of carbonyl (C=O) groups is 1. The number of aromatic amines is 1. The van der Waals surface area contributed by atoms with Crippen LogP contribution in [0.4, 0.5) is 0 Å². The molecule has 0 bridgehead atoms. The first-order valence-electron chi connectivity index (χ1n) is 8.59. The molecule has 6 heteroatoms. The maximum Gasteiger partial charge on any atom is 0.275 e. The number of thioether (sulfide) groups is 1. The van der Waals surface area contributed by atoms with Crippen LogP contribution in [0, 0.1) is 0 Å². The maximum absolute atomic E-state index is 13.1. The van der Waals surface area contributed by atoms with E-state index in [1.54, 1.807) is 18.2 Å². The summed E-state index contributed by atoms with van der Waals surface area (Å²) in [7, 11) is 0. The summed E-state index contributed by atoms with van der Waals surface area (Å²) in [6, 6.07) is 7.19. The predicted octanol–water partition coefficient (Wildman–Crippen LogP) is 2.82. The molecule has 4 rings (SSSR count). The summed E-state index contributed by atoms with van der Waals surface area (Å²) in [6.07, 6.45) is 6.22. The highest BCUT2D eigenvalue weighted by Gasteiger charge is 2.39. The number of nitrogens with one attached hydrogen (secondary N) is 1. The fourth-order valence-electron chi connectivity index (χ4n) is 3.94. The van der Waals surface area contributed by atoms with Gasteiger partial charge in [-0.3, -0.25) is 9.59 Å². The minimum absolute atomic E-state index is 0.0623. The van der Waals surface area contributed by atoms with Crippen molar-refractivity contribution in [3.63, 3.8) is 0 Å². The molecule has 1 saturated carbocycles. The SMILES string of the molecule is O=C(c1n[nH]c(=O)c2ccccc12)N1CCSC2(CCCCC2)C1. The van der Waals surface area contributed by atoms with Gasteiger partial charge in [-0.1, -0.05) is 37.5 Å². The first kappa shape index (κ1) is 15.7. The maximum atomic E-state index is 13.1. The Morgan fingerprint density at radius 2 is 1.92 bits per heavy atom. The number of benzene rings is 1. The lowest BCUT2D eigenvalue weighted by Gasteiger charge is -2.44. The van der Waals surface area contributed by atoms with Crippen LogP contribution in [0.5, 0.6) is 0 Å². The molecule has 2 heterocycles. The van der Waals surface area contributed by atoms with Gasteiger partial charge < -0.3 is 4.90 Å². The fourth-order valence-corrected chi connectivity index (χ4v) is 5.51. The van der Waals surface area contributed by atoms with E-state index in [1.165, 1.54) is 32.1 Å². The zero-order chi connectivity index (χ0) is 16.6. The number of hydrogen-bond acceptors (Lipinski definition) is 4. The van der Waals surface area contributed by atoms with E-state index >= 15 is 0 Å². The van der Waals surface area contributed by atoms with Gasteiger partial charge in [0.25, 0.3) is 11.5 Å². The van der Waals surface area contributed by atoms with Crippen molar-refractivity contribution < 1.29 is 4.79 Å². The number of hydrogen-bond donors (Lipinski definition) is 1. The number of nitrogens with zero attached hydrogens (tertiary/aromatic N) is 2. The van der Waals surface area contributed by atoms with Crippen molar-refractivity contribution in [3.8, 4) is 0 Å². The molecule has 1 aromatic carbocycles. The number of H-pyrrole nitrogens is 1. The second kappa shape index (κ2) is 6.24. The molecule has 2 fully saturated rings. The summed E-state index contributed by atoms with van der Waals surface area (Å²) >= 11 is 2.04. The smallest absolute Gasteiger partial charge is 0.275 e. The van der Waals surface area contributed by atoms with Crippen LogP contribution in [-0.2, 0) is 0 Å². The van der Waals surface area contributed by atoms with E-state index < -0.39 is 0 Å². The zero-order valence-electron chi connectivity index (χ0n) is 13.6. The fraction of sp³-hybridized carbons (Fsp3) is 0.500. The molecule has 1 N–H and O–H groups in total. The molecule has 24 heavy (non-hydrogen) atoms. The van der Waals surface area contributed by atoms with Gasteiger partial charge in [0.1, 0.15) is 0 Å². The van der Waals surface area contributed by atoms with Crippen molar-refractivity contribution in [1.82, 2.24) is 15.1 Å². The molecule has 1 amide bonds. The van der Waals surface area contributed by atoms with Crippen molar-refractivity contribution >= 4 is 28.4 Å². The molecule has 0 atom stereocenters. The van der Waals surface area contributed by atoms with Crippen LogP contribution in [-0.4, -0.2) is 44.6 Å². The van der Waals surface area contributed by atoms with Crippen molar-refractivity contribution in [3.05, 3.63) is 40.3 Å². The molecule has 126 valence electrons. The van der Waals surface area contributed by atoms with Crippen molar-refractivity contribution in [2.75, 3.05) is 18.8 Å².